The van der Waals surface area contributed by atoms with Gasteiger partial charge in [0.25, 0.3) is 0 Å². The molecule has 0 bridgehead atoms. The van der Waals surface area contributed by atoms with Crippen molar-refractivity contribution >= 4 is 35.2 Å². The first-order valence-electron chi connectivity index (χ1n) is 8.68. The standard InChI is InChI=1S/C18H24N2O5S/c1-3-9-25-13-7-5-12(6-8-13)20-16(21)10-15(17(20)22)26-11-14(19)18(23)24-4-2/h5-8,14-15H,3-4,9-11,19H2,1-2H3/p+1/t14-,15+/m1/s1. The summed E-state index contributed by atoms with van der Waals surface area (Å²) in [5, 5.41) is -0.503. The van der Waals surface area contributed by atoms with E-state index in [-0.39, 0.29) is 18.2 Å². The van der Waals surface area contributed by atoms with Crippen LogP contribution in [0.3, 0.4) is 0 Å². The number of quaternary nitrogens is 1. The molecule has 0 spiro atoms. The van der Waals surface area contributed by atoms with Crippen LogP contribution in [0.25, 0.3) is 0 Å². The van der Waals surface area contributed by atoms with Gasteiger partial charge in [0.1, 0.15) is 5.75 Å². The van der Waals surface area contributed by atoms with Crippen molar-refractivity contribution in [1.82, 2.24) is 0 Å². The minimum Gasteiger partial charge on any atom is -0.494 e. The van der Waals surface area contributed by atoms with Crippen molar-refractivity contribution in [2.75, 3.05) is 23.9 Å². The smallest absolute Gasteiger partial charge is 0.365 e. The number of carbonyl (C=O) groups excluding carboxylic acids is 3. The Morgan fingerprint density at radius 3 is 2.62 bits per heavy atom. The highest BCUT2D eigenvalue weighted by molar-refractivity contribution is 8.00. The van der Waals surface area contributed by atoms with Crippen molar-refractivity contribution in [3.8, 4) is 5.75 Å². The number of rotatable bonds is 9. The monoisotopic (exact) mass is 381 g/mol. The number of imide groups is 1. The fraction of sp³-hybridized carbons (Fsp3) is 0.500. The van der Waals surface area contributed by atoms with Gasteiger partial charge in [-0.05, 0) is 37.6 Å². The van der Waals surface area contributed by atoms with Gasteiger partial charge in [-0.2, -0.15) is 0 Å². The molecular weight excluding hydrogens is 356 g/mol. The van der Waals surface area contributed by atoms with Gasteiger partial charge in [-0.1, -0.05) is 6.92 Å². The molecule has 1 aliphatic heterocycles. The number of benzene rings is 1. The lowest BCUT2D eigenvalue weighted by Crippen LogP contribution is -2.66. The maximum atomic E-state index is 12.6. The van der Waals surface area contributed by atoms with Crippen LogP contribution in [0.15, 0.2) is 24.3 Å². The molecule has 2 rings (SSSR count). The van der Waals surface area contributed by atoms with Crippen LogP contribution in [0.4, 0.5) is 5.69 Å². The third-order valence-electron chi connectivity index (χ3n) is 3.79. The van der Waals surface area contributed by atoms with E-state index in [4.69, 9.17) is 9.47 Å². The molecule has 26 heavy (non-hydrogen) atoms. The van der Waals surface area contributed by atoms with E-state index in [0.717, 1.165) is 6.42 Å². The summed E-state index contributed by atoms with van der Waals surface area (Å²) in [6.07, 6.45) is 1.02. The van der Waals surface area contributed by atoms with Crippen molar-refractivity contribution in [1.29, 1.82) is 0 Å². The molecule has 1 heterocycles. The van der Waals surface area contributed by atoms with Crippen LogP contribution >= 0.6 is 11.8 Å². The molecule has 142 valence electrons. The molecule has 0 radical (unpaired) electrons. The Bertz CT molecular complexity index is 649. The lowest BCUT2D eigenvalue weighted by atomic mass is 10.3. The molecule has 0 aliphatic carbocycles. The molecule has 0 saturated carbocycles. The molecule has 2 amide bonds. The first-order chi connectivity index (χ1) is 12.5. The number of amides is 2. The summed E-state index contributed by atoms with van der Waals surface area (Å²) in [7, 11) is 0. The summed E-state index contributed by atoms with van der Waals surface area (Å²) in [6.45, 7) is 4.66. The third kappa shape index (κ3) is 4.98. The fourth-order valence-electron chi connectivity index (χ4n) is 2.48. The number of carbonyl (C=O) groups is 3. The van der Waals surface area contributed by atoms with Gasteiger partial charge in [-0.15, -0.1) is 11.8 Å². The van der Waals surface area contributed by atoms with E-state index in [1.165, 1.54) is 16.7 Å². The predicted octanol–water partition coefficient (Wildman–Crippen LogP) is 1.01. The largest absolute Gasteiger partial charge is 0.494 e. The maximum Gasteiger partial charge on any atom is 0.365 e. The van der Waals surface area contributed by atoms with Crippen LogP contribution in [-0.4, -0.2) is 48.0 Å². The van der Waals surface area contributed by atoms with Crippen LogP contribution in [0.5, 0.6) is 5.75 Å². The van der Waals surface area contributed by atoms with E-state index in [1.54, 1.807) is 31.2 Å². The Labute approximate surface area is 157 Å². The Hall–Kier alpha value is -2.06. The minimum atomic E-state index is -0.563. The average Bonchev–Trinajstić information content (AvgIpc) is 2.92. The van der Waals surface area contributed by atoms with Crippen LogP contribution in [0.2, 0.25) is 0 Å². The summed E-state index contributed by atoms with van der Waals surface area (Å²) >= 11 is 1.27. The number of esters is 1. The van der Waals surface area contributed by atoms with E-state index >= 15 is 0 Å². The number of hydrogen-bond acceptors (Lipinski definition) is 6. The van der Waals surface area contributed by atoms with E-state index < -0.39 is 17.3 Å². The molecule has 1 aromatic rings. The maximum absolute atomic E-state index is 12.6. The Balaban J connectivity index is 1.96. The van der Waals surface area contributed by atoms with Gasteiger partial charge in [0.15, 0.2) is 6.04 Å². The van der Waals surface area contributed by atoms with Crippen molar-refractivity contribution in [3.63, 3.8) is 0 Å². The molecule has 7 nitrogen and oxygen atoms in total. The van der Waals surface area contributed by atoms with Crippen LogP contribution < -0.4 is 15.4 Å². The fourth-order valence-corrected chi connectivity index (χ4v) is 3.59. The molecule has 1 saturated heterocycles. The normalized spacial score (nSPS) is 18.1. The molecular formula is C18H25N2O5S+. The lowest BCUT2D eigenvalue weighted by Gasteiger charge is -2.16. The predicted molar refractivity (Wildman–Crippen MR) is 98.9 cm³/mol. The van der Waals surface area contributed by atoms with Crippen molar-refractivity contribution in [2.45, 2.75) is 38.0 Å². The molecule has 1 aromatic carbocycles. The van der Waals surface area contributed by atoms with Gasteiger partial charge in [0.05, 0.1) is 29.9 Å². The van der Waals surface area contributed by atoms with Crippen molar-refractivity contribution in [3.05, 3.63) is 24.3 Å². The second-order valence-corrected chi connectivity index (χ2v) is 7.12. The van der Waals surface area contributed by atoms with E-state index in [2.05, 4.69) is 5.73 Å². The van der Waals surface area contributed by atoms with Gasteiger partial charge in [0.2, 0.25) is 11.8 Å². The first-order valence-corrected chi connectivity index (χ1v) is 9.73. The van der Waals surface area contributed by atoms with Crippen molar-refractivity contribution in [2.24, 2.45) is 0 Å². The molecule has 0 aromatic heterocycles. The lowest BCUT2D eigenvalue weighted by molar-refractivity contribution is -0.401. The van der Waals surface area contributed by atoms with E-state index in [9.17, 15) is 14.4 Å². The Kier molecular flexibility index (Phi) is 7.47. The first kappa shape index (κ1) is 20.3. The third-order valence-corrected chi connectivity index (χ3v) is 5.16. The van der Waals surface area contributed by atoms with Crippen LogP contribution in [0.1, 0.15) is 26.7 Å². The molecule has 2 atom stereocenters. The summed E-state index contributed by atoms with van der Waals surface area (Å²) in [4.78, 5) is 37.7. The molecule has 3 N–H and O–H groups in total. The highest BCUT2D eigenvalue weighted by Gasteiger charge is 2.40. The number of anilines is 1. The molecule has 0 unspecified atom stereocenters. The SMILES string of the molecule is CCCOc1ccc(N2C(=O)C[C@H](SC[C@@H]([NH3+])C(=O)OCC)C2=O)cc1. The van der Waals surface area contributed by atoms with Gasteiger partial charge in [-0.25, -0.2) is 9.69 Å². The van der Waals surface area contributed by atoms with Gasteiger partial charge < -0.3 is 15.2 Å². The van der Waals surface area contributed by atoms with Crippen LogP contribution in [-0.2, 0) is 19.1 Å². The highest BCUT2D eigenvalue weighted by atomic mass is 32.2. The van der Waals surface area contributed by atoms with Gasteiger partial charge in [-0.3, -0.25) is 9.59 Å². The summed E-state index contributed by atoms with van der Waals surface area (Å²) < 4.78 is 10.4. The van der Waals surface area contributed by atoms with E-state index in [1.807, 2.05) is 6.92 Å². The topological polar surface area (TPSA) is 101 Å². The Morgan fingerprint density at radius 1 is 1.31 bits per heavy atom. The second kappa shape index (κ2) is 9.59. The number of thioether (sulfide) groups is 1. The zero-order valence-electron chi connectivity index (χ0n) is 15.1. The van der Waals surface area contributed by atoms with Gasteiger partial charge >= 0.3 is 5.97 Å². The highest BCUT2D eigenvalue weighted by Crippen LogP contribution is 2.30. The summed E-state index contributed by atoms with van der Waals surface area (Å²) in [5.74, 6) is 0.135. The van der Waals surface area contributed by atoms with Crippen molar-refractivity contribution < 1.29 is 29.6 Å². The number of ether oxygens (including phenoxy) is 2. The van der Waals surface area contributed by atoms with E-state index in [0.29, 0.717) is 30.4 Å². The minimum absolute atomic E-state index is 0.118. The quantitative estimate of drug-likeness (QED) is 0.506. The van der Waals surface area contributed by atoms with Crippen LogP contribution in [0, 0.1) is 0 Å². The summed E-state index contributed by atoms with van der Waals surface area (Å²) in [5.41, 5.74) is 4.28. The molecule has 1 fully saturated rings. The number of nitrogens with zero attached hydrogens (tertiary/aromatic N) is 1. The van der Waals surface area contributed by atoms with Gasteiger partial charge in [0, 0.05) is 6.42 Å². The zero-order chi connectivity index (χ0) is 19.1. The molecule has 1 aliphatic rings. The zero-order valence-corrected chi connectivity index (χ0v) is 15.9. The Morgan fingerprint density at radius 2 is 2.00 bits per heavy atom. The average molecular weight is 381 g/mol. The molecule has 8 heteroatoms. The summed E-state index contributed by atoms with van der Waals surface area (Å²) in [6, 6.07) is 6.34. The second-order valence-electron chi connectivity index (χ2n) is 5.88. The number of hydrogen-bond donors (Lipinski definition) is 1.